The molecule has 4 fully saturated rings. The van der Waals surface area contributed by atoms with Crippen LogP contribution in [0.4, 0.5) is 0 Å². The normalized spacial score (nSPS) is 39.4. The topological polar surface area (TPSA) is 90.3 Å². The first-order valence-electron chi connectivity index (χ1n) is 13.7. The lowest BCUT2D eigenvalue weighted by atomic mass is 9.69. The Hall–Kier alpha value is -1.18. The Morgan fingerprint density at radius 3 is 2.38 bits per heavy atom. The van der Waals surface area contributed by atoms with E-state index in [0.717, 1.165) is 38.5 Å². The van der Waals surface area contributed by atoms with Gasteiger partial charge in [0.25, 0.3) is 0 Å². The number of ether oxygens (including phenoxy) is 1. The third kappa shape index (κ3) is 5.62. The number of carbonyl (C=O) groups is 2. The van der Waals surface area contributed by atoms with Gasteiger partial charge in [0.1, 0.15) is 0 Å². The second kappa shape index (κ2) is 11.3. The van der Waals surface area contributed by atoms with Crippen LogP contribution in [-0.4, -0.2) is 83.9 Å². The number of piperidine rings is 1. The molecule has 1 heterocycles. The van der Waals surface area contributed by atoms with E-state index in [9.17, 15) is 19.8 Å². The van der Waals surface area contributed by atoms with Crippen molar-refractivity contribution >= 4 is 11.8 Å². The lowest BCUT2D eigenvalue weighted by molar-refractivity contribution is -0.172. The van der Waals surface area contributed by atoms with E-state index in [1.165, 1.54) is 19.3 Å². The third-order valence-corrected chi connectivity index (χ3v) is 9.38. The molecule has 8 unspecified atom stereocenters. The average Bonchev–Trinajstić information content (AvgIpc) is 2.84. The summed E-state index contributed by atoms with van der Waals surface area (Å²) >= 11 is 0. The lowest BCUT2D eigenvalue weighted by Crippen LogP contribution is -2.58. The fraction of sp³-hybridized carbons (Fsp3) is 0.926. The summed E-state index contributed by atoms with van der Waals surface area (Å²) in [7, 11) is 3.66. The van der Waals surface area contributed by atoms with Crippen LogP contribution < -0.4 is 0 Å². The summed E-state index contributed by atoms with van der Waals surface area (Å²) in [6.07, 6.45) is 8.06. The smallest absolute Gasteiger partial charge is 0.230 e. The number of aliphatic hydroxyl groups is 2. The Kier molecular flexibility index (Phi) is 8.57. The highest BCUT2D eigenvalue weighted by Gasteiger charge is 2.49. The lowest BCUT2D eigenvalue weighted by Gasteiger charge is -2.47. The monoisotopic (exact) mass is 478 g/mol. The van der Waals surface area contributed by atoms with Crippen molar-refractivity contribution in [1.82, 2.24) is 9.80 Å². The molecule has 0 aromatic carbocycles. The van der Waals surface area contributed by atoms with Crippen LogP contribution in [0.1, 0.15) is 71.1 Å². The number of fused-ring (bicyclic) bond motifs is 1. The van der Waals surface area contributed by atoms with Crippen molar-refractivity contribution in [3.63, 3.8) is 0 Å². The summed E-state index contributed by atoms with van der Waals surface area (Å²) in [6, 6.07) is 0. The van der Waals surface area contributed by atoms with E-state index in [4.69, 9.17) is 4.74 Å². The minimum Gasteiger partial charge on any atom is -0.393 e. The maximum absolute atomic E-state index is 13.8. The number of likely N-dealkylation sites (tertiary alicyclic amines) is 1. The van der Waals surface area contributed by atoms with Crippen molar-refractivity contribution in [1.29, 1.82) is 0 Å². The number of hydrogen-bond acceptors (Lipinski definition) is 5. The molecule has 7 heteroatoms. The molecule has 1 aliphatic heterocycles. The predicted octanol–water partition coefficient (Wildman–Crippen LogP) is 2.68. The molecule has 2 amide bonds. The molecule has 3 saturated carbocycles. The second-order valence-corrected chi connectivity index (χ2v) is 11.9. The zero-order chi connectivity index (χ0) is 24.4. The number of amides is 2. The van der Waals surface area contributed by atoms with Crippen LogP contribution in [0.25, 0.3) is 0 Å². The van der Waals surface area contributed by atoms with E-state index in [1.54, 1.807) is 4.90 Å². The average molecular weight is 479 g/mol. The quantitative estimate of drug-likeness (QED) is 0.634. The number of nitrogens with zero attached hydrogens (tertiary/aromatic N) is 2. The third-order valence-electron chi connectivity index (χ3n) is 9.38. The Labute approximate surface area is 205 Å². The molecule has 0 aromatic rings. The Balaban J connectivity index is 1.39. The van der Waals surface area contributed by atoms with Crippen molar-refractivity contribution in [3.05, 3.63) is 0 Å². The van der Waals surface area contributed by atoms with E-state index in [1.807, 2.05) is 25.9 Å². The summed E-state index contributed by atoms with van der Waals surface area (Å²) in [5.41, 5.74) is 0. The van der Waals surface area contributed by atoms with Gasteiger partial charge in [-0.2, -0.15) is 0 Å². The fourth-order valence-electron chi connectivity index (χ4n) is 7.15. The summed E-state index contributed by atoms with van der Waals surface area (Å²) in [4.78, 5) is 29.9. The van der Waals surface area contributed by atoms with Gasteiger partial charge in [-0.05, 0) is 56.3 Å². The molecule has 8 atom stereocenters. The van der Waals surface area contributed by atoms with Crippen LogP contribution in [0.5, 0.6) is 0 Å². The molecule has 194 valence electrons. The van der Waals surface area contributed by atoms with Gasteiger partial charge in [-0.25, -0.2) is 0 Å². The highest BCUT2D eigenvalue weighted by atomic mass is 16.5. The van der Waals surface area contributed by atoms with Crippen molar-refractivity contribution in [2.75, 3.05) is 33.8 Å². The van der Waals surface area contributed by atoms with Gasteiger partial charge in [0.05, 0.1) is 24.2 Å². The van der Waals surface area contributed by atoms with Crippen LogP contribution in [0.15, 0.2) is 0 Å². The SMILES string of the molecule is CC1C(O)CC(O)C(C(=O)N2CCC3CC(C(=O)N(C)C)CCC3C2)C1OCC1CCCCC1. The number of hydrogen-bond donors (Lipinski definition) is 2. The second-order valence-electron chi connectivity index (χ2n) is 11.9. The zero-order valence-electron chi connectivity index (χ0n) is 21.4. The number of carbonyl (C=O) groups excluding carboxylic acids is 2. The maximum atomic E-state index is 13.8. The first kappa shape index (κ1) is 25.9. The summed E-state index contributed by atoms with van der Waals surface area (Å²) in [6.45, 7) is 3.96. The predicted molar refractivity (Wildman–Crippen MR) is 130 cm³/mol. The minimum atomic E-state index is -0.874. The molecule has 7 nitrogen and oxygen atoms in total. The van der Waals surface area contributed by atoms with Gasteiger partial charge >= 0.3 is 0 Å². The van der Waals surface area contributed by atoms with Crippen LogP contribution in [-0.2, 0) is 14.3 Å². The van der Waals surface area contributed by atoms with Gasteiger partial charge < -0.3 is 24.7 Å². The minimum absolute atomic E-state index is 0.00941. The highest BCUT2D eigenvalue weighted by Crippen LogP contribution is 2.41. The van der Waals surface area contributed by atoms with E-state index in [2.05, 4.69) is 0 Å². The largest absolute Gasteiger partial charge is 0.393 e. The molecular weight excluding hydrogens is 432 g/mol. The summed E-state index contributed by atoms with van der Waals surface area (Å²) in [5, 5.41) is 21.4. The first-order chi connectivity index (χ1) is 16.3. The molecule has 1 saturated heterocycles. The van der Waals surface area contributed by atoms with Crippen LogP contribution in [0, 0.1) is 35.5 Å². The maximum Gasteiger partial charge on any atom is 0.230 e. The van der Waals surface area contributed by atoms with Crippen molar-refractivity contribution < 1.29 is 24.5 Å². The van der Waals surface area contributed by atoms with E-state index in [-0.39, 0.29) is 30.1 Å². The molecule has 4 rings (SSSR count). The molecule has 0 spiro atoms. The van der Waals surface area contributed by atoms with Gasteiger partial charge in [-0.3, -0.25) is 9.59 Å². The standard InChI is InChI=1S/C27H46N2O5/c1-17-22(30)14-23(31)24(25(17)34-16-18-7-5-4-6-8-18)27(33)29-12-11-19-13-20(26(32)28(2)3)9-10-21(19)15-29/h17-25,30-31H,4-16H2,1-3H3. The number of aliphatic hydroxyl groups excluding tert-OH is 2. The van der Waals surface area contributed by atoms with Gasteiger partial charge in [0, 0.05) is 52.0 Å². The fourth-order valence-corrected chi connectivity index (χ4v) is 7.15. The number of rotatable bonds is 5. The zero-order valence-corrected chi connectivity index (χ0v) is 21.4. The van der Waals surface area contributed by atoms with Crippen molar-refractivity contribution in [2.24, 2.45) is 35.5 Å². The van der Waals surface area contributed by atoms with Gasteiger partial charge in [-0.1, -0.05) is 26.2 Å². The van der Waals surface area contributed by atoms with Crippen molar-refractivity contribution in [3.8, 4) is 0 Å². The molecule has 34 heavy (non-hydrogen) atoms. The van der Waals surface area contributed by atoms with Gasteiger partial charge in [0.2, 0.25) is 11.8 Å². The van der Waals surface area contributed by atoms with Gasteiger partial charge in [0.15, 0.2) is 0 Å². The van der Waals surface area contributed by atoms with Crippen LogP contribution >= 0.6 is 0 Å². The Morgan fingerprint density at radius 2 is 1.68 bits per heavy atom. The molecule has 0 aromatic heterocycles. The highest BCUT2D eigenvalue weighted by molar-refractivity contribution is 5.80. The molecule has 0 radical (unpaired) electrons. The van der Waals surface area contributed by atoms with Crippen LogP contribution in [0.3, 0.4) is 0 Å². The van der Waals surface area contributed by atoms with Crippen molar-refractivity contribution in [2.45, 2.75) is 89.4 Å². The van der Waals surface area contributed by atoms with E-state index >= 15 is 0 Å². The summed E-state index contributed by atoms with van der Waals surface area (Å²) < 4.78 is 6.36. The molecule has 4 aliphatic rings. The first-order valence-corrected chi connectivity index (χ1v) is 13.7. The van der Waals surface area contributed by atoms with Crippen LogP contribution in [0.2, 0.25) is 0 Å². The van der Waals surface area contributed by atoms with Gasteiger partial charge in [-0.15, -0.1) is 0 Å². The molecule has 3 aliphatic carbocycles. The molecule has 0 bridgehead atoms. The van der Waals surface area contributed by atoms with E-state index < -0.39 is 24.2 Å². The molecule has 2 N–H and O–H groups in total. The Bertz CT molecular complexity index is 709. The Morgan fingerprint density at radius 1 is 0.941 bits per heavy atom. The summed E-state index contributed by atoms with van der Waals surface area (Å²) in [5.74, 6) is 0.979. The van der Waals surface area contributed by atoms with E-state index in [0.29, 0.717) is 37.5 Å². The molecular formula is C27H46N2O5.